The van der Waals surface area contributed by atoms with Crippen molar-refractivity contribution in [3.8, 4) is 5.75 Å². The summed E-state index contributed by atoms with van der Waals surface area (Å²) in [6.07, 6.45) is 0.153. The Labute approximate surface area is 205 Å². The lowest BCUT2D eigenvalue weighted by molar-refractivity contribution is -0.149. The highest BCUT2D eigenvalue weighted by molar-refractivity contribution is 5.90. The van der Waals surface area contributed by atoms with Gasteiger partial charge in [-0.05, 0) is 30.2 Å². The van der Waals surface area contributed by atoms with E-state index < -0.39 is 24.0 Å². The molecule has 0 saturated carbocycles. The number of rotatable bonds is 11. The normalized spacial score (nSPS) is 17.0. The Bertz CT molecular complexity index is 961. The SMILES string of the molecule is COc1ccc(C[C@H](NC(=O)[C@H](C)NC(=O)CC2CNCCO2)C(=O)OCc2ccccc2)cc1. The molecule has 2 aromatic carbocycles. The number of amides is 2. The van der Waals surface area contributed by atoms with Gasteiger partial charge in [0.25, 0.3) is 0 Å². The van der Waals surface area contributed by atoms with Crippen molar-refractivity contribution >= 4 is 17.8 Å². The molecule has 1 fully saturated rings. The molecule has 2 amide bonds. The fourth-order valence-electron chi connectivity index (χ4n) is 3.64. The third-order valence-corrected chi connectivity index (χ3v) is 5.61. The molecule has 0 spiro atoms. The third-order valence-electron chi connectivity index (χ3n) is 5.61. The van der Waals surface area contributed by atoms with Gasteiger partial charge in [0.05, 0.1) is 26.2 Å². The lowest BCUT2D eigenvalue weighted by Gasteiger charge is -2.24. The van der Waals surface area contributed by atoms with Crippen LogP contribution in [-0.2, 0) is 36.9 Å². The van der Waals surface area contributed by atoms with Gasteiger partial charge >= 0.3 is 5.97 Å². The average molecular weight is 484 g/mol. The number of carbonyl (C=O) groups is 3. The molecule has 1 unspecified atom stereocenters. The Kier molecular flexibility index (Phi) is 10.1. The molecule has 0 aliphatic carbocycles. The predicted octanol–water partition coefficient (Wildman–Crippen LogP) is 1.35. The number of nitrogens with one attached hydrogen (secondary N) is 3. The largest absolute Gasteiger partial charge is 0.497 e. The number of morpholine rings is 1. The van der Waals surface area contributed by atoms with Crippen LogP contribution in [0.4, 0.5) is 0 Å². The van der Waals surface area contributed by atoms with Crippen LogP contribution in [-0.4, -0.2) is 62.8 Å². The zero-order valence-corrected chi connectivity index (χ0v) is 20.1. The number of benzene rings is 2. The van der Waals surface area contributed by atoms with Crippen molar-refractivity contribution in [2.75, 3.05) is 26.8 Å². The molecule has 2 aromatic rings. The van der Waals surface area contributed by atoms with Crippen LogP contribution in [0.2, 0.25) is 0 Å². The van der Waals surface area contributed by atoms with Crippen molar-refractivity contribution in [1.82, 2.24) is 16.0 Å². The molecule has 35 heavy (non-hydrogen) atoms. The number of esters is 1. The van der Waals surface area contributed by atoms with E-state index in [1.54, 1.807) is 26.2 Å². The predicted molar refractivity (Wildman–Crippen MR) is 130 cm³/mol. The molecule has 9 heteroatoms. The smallest absolute Gasteiger partial charge is 0.329 e. The van der Waals surface area contributed by atoms with Gasteiger partial charge in [-0.1, -0.05) is 42.5 Å². The molecule has 3 atom stereocenters. The van der Waals surface area contributed by atoms with E-state index in [0.29, 0.717) is 18.9 Å². The number of ether oxygens (including phenoxy) is 3. The summed E-state index contributed by atoms with van der Waals surface area (Å²) in [5, 5.41) is 8.58. The van der Waals surface area contributed by atoms with Gasteiger partial charge in [-0.15, -0.1) is 0 Å². The van der Waals surface area contributed by atoms with Crippen molar-refractivity contribution in [2.45, 2.75) is 44.6 Å². The van der Waals surface area contributed by atoms with Gasteiger partial charge < -0.3 is 30.2 Å². The highest BCUT2D eigenvalue weighted by atomic mass is 16.5. The van der Waals surface area contributed by atoms with Crippen LogP contribution < -0.4 is 20.7 Å². The lowest BCUT2D eigenvalue weighted by Crippen LogP contribution is -2.52. The van der Waals surface area contributed by atoms with Crippen molar-refractivity contribution < 1.29 is 28.6 Å². The fourth-order valence-corrected chi connectivity index (χ4v) is 3.64. The van der Waals surface area contributed by atoms with Gasteiger partial charge in [0.2, 0.25) is 11.8 Å². The molecular formula is C26H33N3O6. The molecule has 3 rings (SSSR count). The molecule has 3 N–H and O–H groups in total. The van der Waals surface area contributed by atoms with Crippen LogP contribution in [0.15, 0.2) is 54.6 Å². The number of hydrogen-bond donors (Lipinski definition) is 3. The molecule has 1 heterocycles. The van der Waals surface area contributed by atoms with E-state index in [-0.39, 0.29) is 31.5 Å². The number of methoxy groups -OCH3 is 1. The zero-order chi connectivity index (χ0) is 25.0. The first-order valence-electron chi connectivity index (χ1n) is 11.7. The van der Waals surface area contributed by atoms with E-state index in [1.165, 1.54) is 0 Å². The van der Waals surface area contributed by atoms with Crippen molar-refractivity contribution in [3.05, 3.63) is 65.7 Å². The summed E-state index contributed by atoms with van der Waals surface area (Å²) in [6, 6.07) is 14.8. The van der Waals surface area contributed by atoms with E-state index in [0.717, 1.165) is 17.7 Å². The molecule has 9 nitrogen and oxygen atoms in total. The highest BCUT2D eigenvalue weighted by Crippen LogP contribution is 2.14. The van der Waals surface area contributed by atoms with Crippen LogP contribution in [0.5, 0.6) is 5.75 Å². The van der Waals surface area contributed by atoms with Crippen molar-refractivity contribution in [2.24, 2.45) is 0 Å². The molecule has 188 valence electrons. The first kappa shape index (κ1) is 26.2. The molecule has 0 aromatic heterocycles. The quantitative estimate of drug-likeness (QED) is 0.413. The second-order valence-corrected chi connectivity index (χ2v) is 8.40. The Morgan fingerprint density at radius 3 is 2.46 bits per heavy atom. The minimum absolute atomic E-state index is 0.0936. The maximum Gasteiger partial charge on any atom is 0.329 e. The molecule has 0 radical (unpaired) electrons. The Morgan fingerprint density at radius 1 is 1.06 bits per heavy atom. The number of hydrogen-bond acceptors (Lipinski definition) is 7. The molecule has 0 bridgehead atoms. The van der Waals surface area contributed by atoms with Gasteiger partial charge in [0.15, 0.2) is 0 Å². The van der Waals surface area contributed by atoms with Gasteiger partial charge in [-0.25, -0.2) is 4.79 Å². The highest BCUT2D eigenvalue weighted by Gasteiger charge is 2.27. The Morgan fingerprint density at radius 2 is 1.80 bits per heavy atom. The fraction of sp³-hybridized carbons (Fsp3) is 0.423. The Hall–Kier alpha value is -3.43. The maximum atomic E-state index is 12.9. The monoisotopic (exact) mass is 483 g/mol. The van der Waals surface area contributed by atoms with Crippen LogP contribution >= 0.6 is 0 Å². The second kappa shape index (κ2) is 13.5. The summed E-state index contributed by atoms with van der Waals surface area (Å²) in [4.78, 5) is 38.1. The first-order chi connectivity index (χ1) is 16.9. The van der Waals surface area contributed by atoms with Crippen molar-refractivity contribution in [1.29, 1.82) is 0 Å². The van der Waals surface area contributed by atoms with E-state index in [4.69, 9.17) is 14.2 Å². The standard InChI is InChI=1S/C26H33N3O6/c1-18(28-24(30)15-22-16-27-12-13-34-22)25(31)29-23(14-19-8-10-21(33-2)11-9-19)26(32)35-17-20-6-4-3-5-7-20/h3-11,18,22-23,27H,12-17H2,1-2H3,(H,28,30)(H,29,31)/t18-,22?,23-/m0/s1. The van der Waals surface area contributed by atoms with Crippen molar-refractivity contribution in [3.63, 3.8) is 0 Å². The summed E-state index contributed by atoms with van der Waals surface area (Å²) in [5.41, 5.74) is 1.67. The zero-order valence-electron chi connectivity index (χ0n) is 20.1. The third kappa shape index (κ3) is 8.70. The minimum atomic E-state index is -0.926. The van der Waals surface area contributed by atoms with E-state index in [2.05, 4.69) is 16.0 Å². The van der Waals surface area contributed by atoms with Crippen LogP contribution in [0, 0.1) is 0 Å². The van der Waals surface area contributed by atoms with E-state index >= 15 is 0 Å². The Balaban J connectivity index is 1.60. The summed E-state index contributed by atoms with van der Waals surface area (Å²) in [6.45, 7) is 3.56. The topological polar surface area (TPSA) is 115 Å². The molecule has 1 aliphatic heterocycles. The van der Waals surface area contributed by atoms with Gasteiger partial charge in [0.1, 0.15) is 24.4 Å². The molecule has 1 saturated heterocycles. The van der Waals surface area contributed by atoms with Crippen LogP contribution in [0.1, 0.15) is 24.5 Å². The summed E-state index contributed by atoms with van der Waals surface area (Å²) < 4.78 is 16.2. The lowest BCUT2D eigenvalue weighted by atomic mass is 10.1. The number of carbonyl (C=O) groups excluding carboxylic acids is 3. The minimum Gasteiger partial charge on any atom is -0.497 e. The van der Waals surface area contributed by atoms with Crippen LogP contribution in [0.25, 0.3) is 0 Å². The van der Waals surface area contributed by atoms with Gasteiger partial charge in [-0.2, -0.15) is 0 Å². The first-order valence-corrected chi connectivity index (χ1v) is 11.7. The summed E-state index contributed by atoms with van der Waals surface area (Å²) >= 11 is 0. The van der Waals surface area contributed by atoms with Crippen LogP contribution in [0.3, 0.4) is 0 Å². The summed E-state index contributed by atoms with van der Waals surface area (Å²) in [7, 11) is 1.57. The average Bonchev–Trinajstić information content (AvgIpc) is 2.88. The van der Waals surface area contributed by atoms with Gasteiger partial charge in [-0.3, -0.25) is 9.59 Å². The molecule has 1 aliphatic rings. The van der Waals surface area contributed by atoms with E-state index in [9.17, 15) is 14.4 Å². The second-order valence-electron chi connectivity index (χ2n) is 8.40. The molecular weight excluding hydrogens is 450 g/mol. The van der Waals surface area contributed by atoms with E-state index in [1.807, 2.05) is 42.5 Å². The maximum absolute atomic E-state index is 12.9. The van der Waals surface area contributed by atoms with Gasteiger partial charge in [0, 0.05) is 19.5 Å². The summed E-state index contributed by atoms with van der Waals surface area (Å²) in [5.74, 6) is -0.636.